The molecule has 0 N–H and O–H groups in total. The summed E-state index contributed by atoms with van der Waals surface area (Å²) >= 11 is 5.96. The molecule has 0 fully saturated rings. The summed E-state index contributed by atoms with van der Waals surface area (Å²) in [6, 6.07) is 6.33. The van der Waals surface area contributed by atoms with Gasteiger partial charge in [-0.3, -0.25) is 0 Å². The van der Waals surface area contributed by atoms with Gasteiger partial charge in [0, 0.05) is 5.02 Å². The fourth-order valence-corrected chi connectivity index (χ4v) is 1.69. The van der Waals surface area contributed by atoms with Gasteiger partial charge in [0.15, 0.2) is 0 Å². The van der Waals surface area contributed by atoms with E-state index in [4.69, 9.17) is 11.6 Å². The fourth-order valence-electron chi connectivity index (χ4n) is 1.57. The summed E-state index contributed by atoms with van der Waals surface area (Å²) in [4.78, 5) is 0. The molecule has 1 atom stereocenters. The third kappa shape index (κ3) is 2.73. The lowest BCUT2D eigenvalue weighted by atomic mass is 9.95. The monoisotopic (exact) mass is 196 g/mol. The van der Waals surface area contributed by atoms with Crippen LogP contribution in [0.2, 0.25) is 5.02 Å². The van der Waals surface area contributed by atoms with E-state index in [0.29, 0.717) is 5.92 Å². The average Bonchev–Trinajstić information content (AvgIpc) is 2.10. The van der Waals surface area contributed by atoms with Gasteiger partial charge in [-0.15, -0.1) is 0 Å². The van der Waals surface area contributed by atoms with Crippen LogP contribution in [-0.4, -0.2) is 0 Å². The molecule has 0 nitrogen and oxygen atoms in total. The van der Waals surface area contributed by atoms with Gasteiger partial charge in [-0.25, -0.2) is 0 Å². The maximum atomic E-state index is 5.96. The van der Waals surface area contributed by atoms with Crippen molar-refractivity contribution in [2.24, 2.45) is 0 Å². The molecule has 13 heavy (non-hydrogen) atoms. The minimum atomic E-state index is 0.654. The Hall–Kier alpha value is -0.490. The molecule has 0 aromatic heterocycles. The van der Waals surface area contributed by atoms with E-state index in [9.17, 15) is 0 Å². The van der Waals surface area contributed by atoms with Gasteiger partial charge < -0.3 is 0 Å². The van der Waals surface area contributed by atoms with Crippen molar-refractivity contribution in [1.29, 1.82) is 0 Å². The Bertz CT molecular complexity index is 278. The molecular weight excluding hydrogens is 180 g/mol. The number of halogens is 1. The third-order valence-corrected chi connectivity index (χ3v) is 2.90. The molecule has 0 saturated heterocycles. The molecule has 1 unspecified atom stereocenters. The van der Waals surface area contributed by atoms with Crippen LogP contribution in [0, 0.1) is 6.92 Å². The average molecular weight is 197 g/mol. The molecule has 72 valence electrons. The molecule has 0 heterocycles. The lowest BCUT2D eigenvalue weighted by molar-refractivity contribution is 0.664. The molecule has 0 amide bonds. The maximum Gasteiger partial charge on any atom is 0.0435 e. The predicted octanol–water partition coefficient (Wildman–Crippen LogP) is 4.55. The highest BCUT2D eigenvalue weighted by molar-refractivity contribution is 6.31. The zero-order valence-electron chi connectivity index (χ0n) is 8.60. The van der Waals surface area contributed by atoms with Crippen molar-refractivity contribution in [3.05, 3.63) is 34.3 Å². The Kier molecular flexibility index (Phi) is 3.80. The second-order valence-electron chi connectivity index (χ2n) is 3.70. The molecule has 1 aromatic rings. The lowest BCUT2D eigenvalue weighted by Crippen LogP contribution is -1.93. The summed E-state index contributed by atoms with van der Waals surface area (Å²) in [6.45, 7) is 6.55. The van der Waals surface area contributed by atoms with Crippen molar-refractivity contribution < 1.29 is 0 Å². The molecule has 1 heteroatoms. The van der Waals surface area contributed by atoms with Crippen LogP contribution in [0.25, 0.3) is 0 Å². The third-order valence-electron chi connectivity index (χ3n) is 2.47. The quantitative estimate of drug-likeness (QED) is 0.665. The number of hydrogen-bond acceptors (Lipinski definition) is 0. The summed E-state index contributed by atoms with van der Waals surface area (Å²) in [5.41, 5.74) is 2.59. The minimum absolute atomic E-state index is 0.654. The van der Waals surface area contributed by atoms with Crippen LogP contribution in [0.1, 0.15) is 43.7 Å². The van der Waals surface area contributed by atoms with E-state index in [2.05, 4.69) is 32.9 Å². The Morgan fingerprint density at radius 2 is 2.08 bits per heavy atom. The highest BCUT2D eigenvalue weighted by Crippen LogP contribution is 2.24. The van der Waals surface area contributed by atoms with Gasteiger partial charge in [0.1, 0.15) is 0 Å². The van der Waals surface area contributed by atoms with Gasteiger partial charge in [0.2, 0.25) is 0 Å². The zero-order valence-corrected chi connectivity index (χ0v) is 9.36. The minimum Gasteiger partial charge on any atom is -0.0841 e. The topological polar surface area (TPSA) is 0 Å². The van der Waals surface area contributed by atoms with Crippen molar-refractivity contribution >= 4 is 11.6 Å². The summed E-state index contributed by atoms with van der Waals surface area (Å²) in [5, 5.41) is 0.868. The molecule has 1 rings (SSSR count). The first-order valence-corrected chi connectivity index (χ1v) is 5.29. The van der Waals surface area contributed by atoms with Gasteiger partial charge in [0.25, 0.3) is 0 Å². The van der Waals surface area contributed by atoms with Crippen molar-refractivity contribution in [2.75, 3.05) is 0 Å². The van der Waals surface area contributed by atoms with Crippen LogP contribution in [-0.2, 0) is 0 Å². The van der Waals surface area contributed by atoms with Crippen molar-refractivity contribution in [3.63, 3.8) is 0 Å². The SMILES string of the molecule is CCCC(C)c1ccc(Cl)c(C)c1. The molecule has 0 aliphatic heterocycles. The molecule has 0 spiro atoms. The number of hydrogen-bond donors (Lipinski definition) is 0. The van der Waals surface area contributed by atoms with E-state index in [-0.39, 0.29) is 0 Å². The number of benzene rings is 1. The van der Waals surface area contributed by atoms with E-state index < -0.39 is 0 Å². The van der Waals surface area contributed by atoms with Crippen molar-refractivity contribution in [1.82, 2.24) is 0 Å². The second kappa shape index (κ2) is 4.66. The van der Waals surface area contributed by atoms with Gasteiger partial charge in [-0.1, -0.05) is 44.0 Å². The predicted molar refractivity (Wildman–Crippen MR) is 59.5 cm³/mol. The van der Waals surface area contributed by atoms with Crippen LogP contribution in [0.15, 0.2) is 18.2 Å². The largest absolute Gasteiger partial charge is 0.0841 e. The molecule has 0 aliphatic rings. The van der Waals surface area contributed by atoms with Gasteiger partial charge in [0.05, 0.1) is 0 Å². The highest BCUT2D eigenvalue weighted by Gasteiger charge is 2.05. The van der Waals surface area contributed by atoms with Crippen LogP contribution in [0.4, 0.5) is 0 Å². The molecule has 1 aromatic carbocycles. The lowest BCUT2D eigenvalue weighted by Gasteiger charge is -2.11. The van der Waals surface area contributed by atoms with E-state index >= 15 is 0 Å². The summed E-state index contributed by atoms with van der Waals surface area (Å²) < 4.78 is 0. The van der Waals surface area contributed by atoms with Crippen LogP contribution < -0.4 is 0 Å². The van der Waals surface area contributed by atoms with Crippen molar-refractivity contribution in [2.45, 2.75) is 39.5 Å². The normalized spacial score (nSPS) is 12.9. The van der Waals surface area contributed by atoms with Gasteiger partial charge in [-0.05, 0) is 36.5 Å². The molecule has 0 radical (unpaired) electrons. The van der Waals surface area contributed by atoms with Crippen LogP contribution in [0.5, 0.6) is 0 Å². The van der Waals surface area contributed by atoms with E-state index in [1.54, 1.807) is 0 Å². The Morgan fingerprint density at radius 3 is 2.62 bits per heavy atom. The molecular formula is C12H17Cl. The zero-order chi connectivity index (χ0) is 9.84. The summed E-state index contributed by atoms with van der Waals surface area (Å²) in [5.74, 6) is 0.654. The highest BCUT2D eigenvalue weighted by atomic mass is 35.5. The second-order valence-corrected chi connectivity index (χ2v) is 4.11. The van der Waals surface area contributed by atoms with E-state index in [1.807, 2.05) is 6.07 Å². The Labute approximate surface area is 85.9 Å². The summed E-state index contributed by atoms with van der Waals surface area (Å²) in [7, 11) is 0. The molecule has 0 bridgehead atoms. The van der Waals surface area contributed by atoms with Crippen molar-refractivity contribution in [3.8, 4) is 0 Å². The maximum absolute atomic E-state index is 5.96. The Balaban J connectivity index is 2.84. The standard InChI is InChI=1S/C12H17Cl/c1-4-5-9(2)11-6-7-12(13)10(3)8-11/h6-9H,4-5H2,1-3H3. The number of aryl methyl sites for hydroxylation is 1. The first-order chi connectivity index (χ1) is 6.15. The van der Waals surface area contributed by atoms with Crippen LogP contribution >= 0.6 is 11.6 Å². The van der Waals surface area contributed by atoms with Gasteiger partial charge >= 0.3 is 0 Å². The fraction of sp³-hybridized carbons (Fsp3) is 0.500. The van der Waals surface area contributed by atoms with Gasteiger partial charge in [-0.2, -0.15) is 0 Å². The molecule has 0 saturated carbocycles. The molecule has 0 aliphatic carbocycles. The smallest absolute Gasteiger partial charge is 0.0435 e. The van der Waals surface area contributed by atoms with E-state index in [0.717, 1.165) is 5.02 Å². The van der Waals surface area contributed by atoms with E-state index in [1.165, 1.54) is 24.0 Å². The van der Waals surface area contributed by atoms with Crippen LogP contribution in [0.3, 0.4) is 0 Å². The summed E-state index contributed by atoms with van der Waals surface area (Å²) in [6.07, 6.45) is 2.49. The Morgan fingerprint density at radius 1 is 1.38 bits per heavy atom. The number of rotatable bonds is 3. The first-order valence-electron chi connectivity index (χ1n) is 4.91. The first kappa shape index (κ1) is 10.6.